The molecule has 1 aromatic heterocycles. The molecule has 1 heterocycles. The third kappa shape index (κ3) is 2.95. The van der Waals surface area contributed by atoms with Crippen LogP contribution in [0, 0.1) is 17.8 Å². The number of aromatic amines is 1. The zero-order valence-electron chi connectivity index (χ0n) is 12.0. The molecule has 0 saturated heterocycles. The molecular weight excluding hydrogens is 218 g/mol. The molecule has 0 radical (unpaired) electrons. The molecule has 0 aliphatic carbocycles. The predicted molar refractivity (Wildman–Crippen MR) is 79.8 cm³/mol. The van der Waals surface area contributed by atoms with Gasteiger partial charge in [-0.1, -0.05) is 45.9 Å². The highest BCUT2D eigenvalue weighted by atomic mass is 14.7. The molecule has 2 rings (SSSR count). The average Bonchev–Trinajstić information content (AvgIpc) is 2.71. The summed E-state index contributed by atoms with van der Waals surface area (Å²) in [5.41, 5.74) is 2.74. The fraction of sp³-hybridized carbons (Fsp3) is 0.529. The monoisotopic (exact) mass is 243 g/mol. The molecule has 0 saturated carbocycles. The van der Waals surface area contributed by atoms with Crippen molar-refractivity contribution in [1.29, 1.82) is 0 Å². The molecule has 1 heteroatoms. The van der Waals surface area contributed by atoms with E-state index in [0.717, 1.165) is 17.8 Å². The van der Waals surface area contributed by atoms with Crippen LogP contribution in [0.25, 0.3) is 10.9 Å². The van der Waals surface area contributed by atoms with Gasteiger partial charge in [0, 0.05) is 17.1 Å². The Morgan fingerprint density at radius 3 is 2.44 bits per heavy atom. The molecule has 1 nitrogen and oxygen atoms in total. The highest BCUT2D eigenvalue weighted by molar-refractivity contribution is 5.83. The Balaban J connectivity index is 2.20. The lowest BCUT2D eigenvalue weighted by molar-refractivity contribution is 0.316. The SMILES string of the molecule is CC(C)CC(Cc1c[nH]c2ccccc12)C(C)C. The van der Waals surface area contributed by atoms with Gasteiger partial charge in [0.15, 0.2) is 0 Å². The number of benzene rings is 1. The van der Waals surface area contributed by atoms with E-state index in [1.165, 1.54) is 29.3 Å². The van der Waals surface area contributed by atoms with Gasteiger partial charge in [-0.3, -0.25) is 0 Å². The number of rotatable bonds is 5. The normalized spacial score (nSPS) is 13.7. The number of H-pyrrole nitrogens is 1. The van der Waals surface area contributed by atoms with Crippen LogP contribution in [0.15, 0.2) is 30.5 Å². The van der Waals surface area contributed by atoms with Crippen LogP contribution in [-0.4, -0.2) is 4.98 Å². The van der Waals surface area contributed by atoms with Crippen molar-refractivity contribution in [3.8, 4) is 0 Å². The first kappa shape index (κ1) is 13.2. The molecule has 18 heavy (non-hydrogen) atoms. The van der Waals surface area contributed by atoms with Crippen molar-refractivity contribution in [3.05, 3.63) is 36.0 Å². The van der Waals surface area contributed by atoms with E-state index >= 15 is 0 Å². The lowest BCUT2D eigenvalue weighted by Gasteiger charge is -2.22. The first-order valence-corrected chi connectivity index (χ1v) is 7.13. The summed E-state index contributed by atoms with van der Waals surface area (Å²) < 4.78 is 0. The first-order chi connectivity index (χ1) is 8.58. The van der Waals surface area contributed by atoms with E-state index in [-0.39, 0.29) is 0 Å². The van der Waals surface area contributed by atoms with Crippen molar-refractivity contribution < 1.29 is 0 Å². The van der Waals surface area contributed by atoms with E-state index in [1.54, 1.807) is 0 Å². The zero-order valence-corrected chi connectivity index (χ0v) is 12.0. The van der Waals surface area contributed by atoms with Crippen LogP contribution >= 0.6 is 0 Å². The Morgan fingerprint density at radius 2 is 1.78 bits per heavy atom. The smallest absolute Gasteiger partial charge is 0.0456 e. The van der Waals surface area contributed by atoms with Gasteiger partial charge in [-0.2, -0.15) is 0 Å². The molecule has 1 unspecified atom stereocenters. The Bertz CT molecular complexity index is 493. The second kappa shape index (κ2) is 5.60. The number of hydrogen-bond donors (Lipinski definition) is 1. The van der Waals surface area contributed by atoms with Crippen LogP contribution in [0.3, 0.4) is 0 Å². The molecule has 1 aromatic carbocycles. The van der Waals surface area contributed by atoms with Gasteiger partial charge < -0.3 is 4.98 Å². The summed E-state index contributed by atoms with van der Waals surface area (Å²) in [7, 11) is 0. The van der Waals surface area contributed by atoms with E-state index in [0.29, 0.717) is 0 Å². The van der Waals surface area contributed by atoms with Crippen LogP contribution in [0.4, 0.5) is 0 Å². The first-order valence-electron chi connectivity index (χ1n) is 7.13. The van der Waals surface area contributed by atoms with E-state index < -0.39 is 0 Å². The Kier molecular flexibility index (Phi) is 4.11. The van der Waals surface area contributed by atoms with Gasteiger partial charge in [-0.15, -0.1) is 0 Å². The van der Waals surface area contributed by atoms with E-state index in [2.05, 4.69) is 63.1 Å². The predicted octanol–water partition coefficient (Wildman–Crippen LogP) is 5.03. The molecular formula is C17H25N. The van der Waals surface area contributed by atoms with Gasteiger partial charge in [-0.25, -0.2) is 0 Å². The molecule has 1 atom stereocenters. The fourth-order valence-corrected chi connectivity index (χ4v) is 2.78. The van der Waals surface area contributed by atoms with Gasteiger partial charge in [0.05, 0.1) is 0 Å². The minimum Gasteiger partial charge on any atom is -0.361 e. The number of nitrogens with one attached hydrogen (secondary N) is 1. The Labute approximate surface area is 111 Å². The van der Waals surface area contributed by atoms with Crippen LogP contribution < -0.4 is 0 Å². The summed E-state index contributed by atoms with van der Waals surface area (Å²) in [5, 5.41) is 1.40. The van der Waals surface area contributed by atoms with Crippen molar-refractivity contribution in [3.63, 3.8) is 0 Å². The molecule has 0 amide bonds. The molecule has 0 aliphatic heterocycles. The standard InChI is InChI=1S/C17H25N/c1-12(2)9-14(13(3)4)10-15-11-18-17-8-6-5-7-16(15)17/h5-8,11-14,18H,9-10H2,1-4H3. The van der Waals surface area contributed by atoms with E-state index in [4.69, 9.17) is 0 Å². The van der Waals surface area contributed by atoms with Gasteiger partial charge in [-0.05, 0) is 42.2 Å². The summed E-state index contributed by atoms with van der Waals surface area (Å²) in [6.07, 6.45) is 4.71. The molecule has 0 fully saturated rings. The maximum Gasteiger partial charge on any atom is 0.0456 e. The van der Waals surface area contributed by atoms with Crippen molar-refractivity contribution in [1.82, 2.24) is 4.98 Å². The van der Waals surface area contributed by atoms with Gasteiger partial charge >= 0.3 is 0 Å². The minimum absolute atomic E-state index is 0.751. The third-order valence-corrected chi connectivity index (χ3v) is 3.87. The Morgan fingerprint density at radius 1 is 1.06 bits per heavy atom. The summed E-state index contributed by atoms with van der Waals surface area (Å²) in [5.74, 6) is 2.31. The van der Waals surface area contributed by atoms with Gasteiger partial charge in [0.25, 0.3) is 0 Å². The average molecular weight is 243 g/mol. The van der Waals surface area contributed by atoms with Crippen LogP contribution in [-0.2, 0) is 6.42 Å². The summed E-state index contributed by atoms with van der Waals surface area (Å²) >= 11 is 0. The largest absolute Gasteiger partial charge is 0.361 e. The molecule has 2 aromatic rings. The van der Waals surface area contributed by atoms with Crippen molar-refractivity contribution in [2.24, 2.45) is 17.8 Å². The van der Waals surface area contributed by atoms with E-state index in [1.807, 2.05) is 0 Å². The third-order valence-electron chi connectivity index (χ3n) is 3.87. The number of hydrogen-bond acceptors (Lipinski definition) is 0. The maximum absolute atomic E-state index is 3.39. The molecule has 1 N–H and O–H groups in total. The molecule has 98 valence electrons. The molecule has 0 aliphatic rings. The topological polar surface area (TPSA) is 15.8 Å². The quantitative estimate of drug-likeness (QED) is 0.758. The summed E-state index contributed by atoms with van der Waals surface area (Å²) in [6.45, 7) is 9.35. The van der Waals surface area contributed by atoms with Crippen molar-refractivity contribution in [2.75, 3.05) is 0 Å². The minimum atomic E-state index is 0.751. The number of aromatic nitrogens is 1. The number of para-hydroxylation sites is 1. The lowest BCUT2D eigenvalue weighted by Crippen LogP contribution is -2.14. The lowest BCUT2D eigenvalue weighted by atomic mass is 9.83. The van der Waals surface area contributed by atoms with Crippen molar-refractivity contribution in [2.45, 2.75) is 40.5 Å². The second-order valence-corrected chi connectivity index (χ2v) is 6.20. The zero-order chi connectivity index (χ0) is 13.1. The highest BCUT2D eigenvalue weighted by Gasteiger charge is 2.17. The van der Waals surface area contributed by atoms with E-state index in [9.17, 15) is 0 Å². The summed E-state index contributed by atoms with van der Waals surface area (Å²) in [4.78, 5) is 3.39. The fourth-order valence-electron chi connectivity index (χ4n) is 2.78. The molecule has 0 bridgehead atoms. The van der Waals surface area contributed by atoms with Crippen LogP contribution in [0.5, 0.6) is 0 Å². The van der Waals surface area contributed by atoms with Gasteiger partial charge in [0.1, 0.15) is 0 Å². The Hall–Kier alpha value is -1.24. The molecule has 0 spiro atoms. The summed E-state index contributed by atoms with van der Waals surface area (Å²) in [6, 6.07) is 8.61. The maximum atomic E-state index is 3.39. The van der Waals surface area contributed by atoms with Crippen LogP contribution in [0.2, 0.25) is 0 Å². The second-order valence-electron chi connectivity index (χ2n) is 6.20. The highest BCUT2D eigenvalue weighted by Crippen LogP contribution is 2.28. The van der Waals surface area contributed by atoms with Gasteiger partial charge in [0.2, 0.25) is 0 Å². The van der Waals surface area contributed by atoms with Crippen LogP contribution in [0.1, 0.15) is 39.7 Å². The van der Waals surface area contributed by atoms with Crippen molar-refractivity contribution >= 4 is 10.9 Å². The number of fused-ring (bicyclic) bond motifs is 1.